The molecule has 0 amide bonds. The Labute approximate surface area is 202 Å². The first-order chi connectivity index (χ1) is 14.2. The second-order valence-corrected chi connectivity index (χ2v) is 7.87. The van der Waals surface area contributed by atoms with E-state index in [9.17, 15) is 0 Å². The number of halogens is 2. The summed E-state index contributed by atoms with van der Waals surface area (Å²) in [5.41, 5.74) is 1.35. The van der Waals surface area contributed by atoms with Crippen molar-refractivity contribution in [1.82, 2.24) is 20.5 Å². The molecule has 1 unspecified atom stereocenters. The minimum Gasteiger partial charge on any atom is -0.356 e. The lowest BCUT2D eigenvalue weighted by atomic mass is 10.2. The molecule has 0 aliphatic carbocycles. The summed E-state index contributed by atoms with van der Waals surface area (Å²) in [6.07, 6.45) is 3.88. The van der Waals surface area contributed by atoms with Gasteiger partial charge in [-0.2, -0.15) is 0 Å². The van der Waals surface area contributed by atoms with Gasteiger partial charge in [-0.1, -0.05) is 41.9 Å². The standard InChI is InChI=1S/C22H31ClN6.HI/c1-24-22(26-13-7-14-28(2)16-18-8-4-3-5-9-18)27-19-11-15-29(17-19)21-20(23)10-6-12-25-21;/h3-6,8-10,12,19H,7,11,13-17H2,1-2H3,(H2,24,26,27);1H. The first kappa shape index (κ1) is 24.7. The maximum absolute atomic E-state index is 6.28. The molecule has 0 spiro atoms. The smallest absolute Gasteiger partial charge is 0.191 e. The number of guanidine groups is 1. The zero-order valence-corrected chi connectivity index (χ0v) is 20.8. The van der Waals surface area contributed by atoms with Crippen LogP contribution < -0.4 is 15.5 Å². The van der Waals surface area contributed by atoms with Gasteiger partial charge >= 0.3 is 0 Å². The number of aliphatic imine (C=N–C) groups is 1. The monoisotopic (exact) mass is 542 g/mol. The minimum atomic E-state index is 0. The Hall–Kier alpha value is -1.58. The van der Waals surface area contributed by atoms with Gasteiger partial charge in [-0.05, 0) is 44.1 Å². The number of hydrogen-bond acceptors (Lipinski definition) is 4. The van der Waals surface area contributed by atoms with Gasteiger partial charge < -0.3 is 20.4 Å². The highest BCUT2D eigenvalue weighted by molar-refractivity contribution is 14.0. The van der Waals surface area contributed by atoms with Crippen LogP contribution in [0.5, 0.6) is 0 Å². The molecule has 1 atom stereocenters. The summed E-state index contributed by atoms with van der Waals surface area (Å²) in [5, 5.41) is 7.66. The number of benzene rings is 1. The molecule has 0 bridgehead atoms. The molecule has 8 heteroatoms. The first-order valence-corrected chi connectivity index (χ1v) is 10.6. The number of anilines is 1. The number of nitrogens with one attached hydrogen (secondary N) is 2. The van der Waals surface area contributed by atoms with E-state index in [4.69, 9.17) is 11.6 Å². The number of aromatic nitrogens is 1. The van der Waals surface area contributed by atoms with Crippen LogP contribution in [0.4, 0.5) is 5.82 Å². The molecular formula is C22H32ClIN6. The van der Waals surface area contributed by atoms with E-state index in [1.807, 2.05) is 19.2 Å². The van der Waals surface area contributed by atoms with Crippen LogP contribution in [0.1, 0.15) is 18.4 Å². The van der Waals surface area contributed by atoms with Crippen molar-refractivity contribution in [2.45, 2.75) is 25.4 Å². The van der Waals surface area contributed by atoms with Crippen molar-refractivity contribution in [2.75, 3.05) is 45.2 Å². The van der Waals surface area contributed by atoms with Gasteiger partial charge in [0, 0.05) is 45.5 Å². The topological polar surface area (TPSA) is 55.8 Å². The lowest BCUT2D eigenvalue weighted by Crippen LogP contribution is -2.45. The molecule has 3 rings (SSSR count). The number of pyridine rings is 1. The zero-order valence-electron chi connectivity index (χ0n) is 17.7. The molecule has 1 saturated heterocycles. The van der Waals surface area contributed by atoms with Crippen molar-refractivity contribution in [1.29, 1.82) is 0 Å². The van der Waals surface area contributed by atoms with E-state index < -0.39 is 0 Å². The molecule has 164 valence electrons. The van der Waals surface area contributed by atoms with E-state index in [1.54, 1.807) is 6.20 Å². The van der Waals surface area contributed by atoms with Crippen molar-refractivity contribution < 1.29 is 0 Å². The van der Waals surface area contributed by atoms with E-state index in [-0.39, 0.29) is 24.0 Å². The molecule has 1 aromatic carbocycles. The van der Waals surface area contributed by atoms with E-state index in [2.05, 4.69) is 67.8 Å². The molecule has 2 heterocycles. The average Bonchev–Trinajstić information content (AvgIpc) is 3.19. The van der Waals surface area contributed by atoms with Crippen molar-refractivity contribution in [3.8, 4) is 0 Å². The molecule has 2 N–H and O–H groups in total. The molecule has 2 aromatic rings. The van der Waals surface area contributed by atoms with Gasteiger partial charge in [0.15, 0.2) is 5.96 Å². The number of nitrogens with zero attached hydrogens (tertiary/aromatic N) is 4. The Balaban J connectivity index is 0.00000320. The largest absolute Gasteiger partial charge is 0.356 e. The molecule has 1 aliphatic heterocycles. The molecule has 1 aromatic heterocycles. The summed E-state index contributed by atoms with van der Waals surface area (Å²) in [6, 6.07) is 14.7. The highest BCUT2D eigenvalue weighted by Crippen LogP contribution is 2.25. The third kappa shape index (κ3) is 7.59. The van der Waals surface area contributed by atoms with Gasteiger partial charge in [-0.15, -0.1) is 24.0 Å². The molecule has 6 nitrogen and oxygen atoms in total. The predicted octanol–water partition coefficient (Wildman–Crippen LogP) is 3.62. The second-order valence-electron chi connectivity index (χ2n) is 7.46. The van der Waals surface area contributed by atoms with Crippen molar-refractivity contribution >= 4 is 47.4 Å². The number of rotatable bonds is 8. The van der Waals surface area contributed by atoms with E-state index >= 15 is 0 Å². The van der Waals surface area contributed by atoms with Crippen LogP contribution in [0.15, 0.2) is 53.7 Å². The van der Waals surface area contributed by atoms with Gasteiger partial charge in [-0.25, -0.2) is 4.98 Å². The molecule has 1 fully saturated rings. The van der Waals surface area contributed by atoms with Crippen LogP contribution in [-0.2, 0) is 6.54 Å². The van der Waals surface area contributed by atoms with Gasteiger partial charge in [0.05, 0.1) is 5.02 Å². The van der Waals surface area contributed by atoms with Crippen LogP contribution >= 0.6 is 35.6 Å². The third-order valence-corrected chi connectivity index (χ3v) is 5.39. The summed E-state index contributed by atoms with van der Waals surface area (Å²) in [6.45, 7) is 4.71. The fourth-order valence-electron chi connectivity index (χ4n) is 3.60. The fourth-order valence-corrected chi connectivity index (χ4v) is 3.84. The van der Waals surface area contributed by atoms with Gasteiger partial charge in [0.2, 0.25) is 0 Å². The molecule has 0 saturated carbocycles. The van der Waals surface area contributed by atoms with Gasteiger partial charge in [0.25, 0.3) is 0 Å². The van der Waals surface area contributed by atoms with Gasteiger partial charge in [0.1, 0.15) is 5.82 Å². The van der Waals surface area contributed by atoms with Crippen LogP contribution in [0, 0.1) is 0 Å². The Morgan fingerprint density at radius 3 is 2.80 bits per heavy atom. The van der Waals surface area contributed by atoms with Crippen molar-refractivity contribution in [3.63, 3.8) is 0 Å². The van der Waals surface area contributed by atoms with E-state index in [1.165, 1.54) is 5.56 Å². The summed E-state index contributed by atoms with van der Waals surface area (Å²) < 4.78 is 0. The number of hydrogen-bond donors (Lipinski definition) is 2. The van der Waals surface area contributed by atoms with Crippen LogP contribution in [0.3, 0.4) is 0 Å². The SMILES string of the molecule is CN=C(NCCCN(C)Cc1ccccc1)NC1CCN(c2ncccc2Cl)C1.I. The fraction of sp³-hybridized carbons (Fsp3) is 0.455. The van der Waals surface area contributed by atoms with Crippen LogP contribution in [0.25, 0.3) is 0 Å². The van der Waals surface area contributed by atoms with Crippen LogP contribution in [-0.4, -0.2) is 62.2 Å². The summed E-state index contributed by atoms with van der Waals surface area (Å²) >= 11 is 6.28. The maximum Gasteiger partial charge on any atom is 0.191 e. The second kappa shape index (κ2) is 13.0. The van der Waals surface area contributed by atoms with Gasteiger partial charge in [-0.3, -0.25) is 4.99 Å². The molecule has 1 aliphatic rings. The Bertz CT molecular complexity index is 788. The zero-order chi connectivity index (χ0) is 20.5. The third-order valence-electron chi connectivity index (χ3n) is 5.10. The Morgan fingerprint density at radius 2 is 2.07 bits per heavy atom. The molecule has 30 heavy (non-hydrogen) atoms. The Kier molecular flexibility index (Phi) is 10.7. The van der Waals surface area contributed by atoms with Crippen molar-refractivity contribution in [3.05, 3.63) is 59.2 Å². The quantitative estimate of drug-likeness (QED) is 0.231. The van der Waals surface area contributed by atoms with E-state index in [0.29, 0.717) is 11.1 Å². The van der Waals surface area contributed by atoms with Crippen LogP contribution in [0.2, 0.25) is 5.02 Å². The van der Waals surface area contributed by atoms with E-state index in [0.717, 1.165) is 57.3 Å². The summed E-state index contributed by atoms with van der Waals surface area (Å²) in [4.78, 5) is 13.4. The first-order valence-electron chi connectivity index (χ1n) is 10.2. The predicted molar refractivity (Wildman–Crippen MR) is 137 cm³/mol. The van der Waals surface area contributed by atoms with Crippen molar-refractivity contribution in [2.24, 2.45) is 4.99 Å². The highest BCUT2D eigenvalue weighted by atomic mass is 127. The lowest BCUT2D eigenvalue weighted by Gasteiger charge is -2.21. The highest BCUT2D eigenvalue weighted by Gasteiger charge is 2.25. The lowest BCUT2D eigenvalue weighted by molar-refractivity contribution is 0.322. The normalized spacial score (nSPS) is 16.5. The Morgan fingerprint density at radius 1 is 1.27 bits per heavy atom. The molecular weight excluding hydrogens is 511 g/mol. The summed E-state index contributed by atoms with van der Waals surface area (Å²) in [7, 11) is 3.98. The molecule has 0 radical (unpaired) electrons. The minimum absolute atomic E-state index is 0. The summed E-state index contributed by atoms with van der Waals surface area (Å²) in [5.74, 6) is 1.72. The average molecular weight is 543 g/mol. The maximum atomic E-state index is 6.28.